The van der Waals surface area contributed by atoms with Crippen molar-refractivity contribution in [2.45, 2.75) is 46.1 Å². The Morgan fingerprint density at radius 3 is 2.48 bits per heavy atom. The minimum absolute atomic E-state index is 0.142. The standard InChI is InChI=1S/C20H28N4O2S/c1-13-8-7-11-17(14(13)2)22-20(27)24-23-19(26)18(21-15(3)25)12-16-9-5-4-6-10-16/h4-6,9-10,12-14,17H,7-8,11H2,1-3H3,(H,21,25)(H,23,26)(H2,22,24,27)/b18-12-/t13-,14+,17+/m0/s1. The Morgan fingerprint density at radius 2 is 1.81 bits per heavy atom. The van der Waals surface area contributed by atoms with E-state index in [2.05, 4.69) is 35.3 Å². The van der Waals surface area contributed by atoms with E-state index in [0.717, 1.165) is 12.0 Å². The van der Waals surface area contributed by atoms with E-state index in [1.165, 1.54) is 19.8 Å². The van der Waals surface area contributed by atoms with Crippen LogP contribution in [0, 0.1) is 11.8 Å². The zero-order valence-electron chi connectivity index (χ0n) is 16.0. The van der Waals surface area contributed by atoms with Gasteiger partial charge < -0.3 is 10.6 Å². The highest BCUT2D eigenvalue weighted by molar-refractivity contribution is 7.80. The van der Waals surface area contributed by atoms with Gasteiger partial charge in [0.2, 0.25) is 5.91 Å². The molecule has 1 aliphatic rings. The molecule has 0 aromatic heterocycles. The average molecular weight is 389 g/mol. The molecule has 27 heavy (non-hydrogen) atoms. The predicted molar refractivity (Wildman–Crippen MR) is 111 cm³/mol. The monoisotopic (exact) mass is 388 g/mol. The van der Waals surface area contributed by atoms with Crippen LogP contribution in [0.15, 0.2) is 36.0 Å². The van der Waals surface area contributed by atoms with Crippen molar-refractivity contribution in [2.24, 2.45) is 11.8 Å². The largest absolute Gasteiger partial charge is 0.358 e. The second-order valence-electron chi connectivity index (χ2n) is 7.08. The lowest BCUT2D eigenvalue weighted by atomic mass is 9.78. The van der Waals surface area contributed by atoms with Gasteiger partial charge in [0.1, 0.15) is 5.70 Å². The van der Waals surface area contributed by atoms with Crippen molar-refractivity contribution >= 4 is 35.2 Å². The molecule has 0 heterocycles. The second kappa shape index (κ2) is 10.1. The maximum atomic E-state index is 12.5. The summed E-state index contributed by atoms with van der Waals surface area (Å²) in [6.07, 6.45) is 5.08. The lowest BCUT2D eigenvalue weighted by molar-refractivity contribution is -0.122. The molecule has 2 amide bonds. The van der Waals surface area contributed by atoms with E-state index in [1.54, 1.807) is 6.08 Å². The molecule has 1 aromatic carbocycles. The fourth-order valence-corrected chi connectivity index (χ4v) is 3.44. The Balaban J connectivity index is 1.93. The van der Waals surface area contributed by atoms with Crippen molar-refractivity contribution < 1.29 is 9.59 Å². The van der Waals surface area contributed by atoms with Gasteiger partial charge in [-0.05, 0) is 42.1 Å². The molecule has 7 heteroatoms. The molecule has 0 radical (unpaired) electrons. The summed E-state index contributed by atoms with van der Waals surface area (Å²) in [5, 5.41) is 6.21. The lowest BCUT2D eigenvalue weighted by Gasteiger charge is -2.35. The average Bonchev–Trinajstić information content (AvgIpc) is 2.63. The SMILES string of the molecule is CC(=O)N/C(=C\c1ccccc1)C(=O)NNC(=S)N[C@@H]1CCC[C@H](C)[C@H]1C. The maximum absolute atomic E-state index is 12.5. The fraction of sp³-hybridized carbons (Fsp3) is 0.450. The molecule has 0 spiro atoms. The number of amides is 2. The quantitative estimate of drug-likeness (QED) is 0.362. The van der Waals surface area contributed by atoms with E-state index in [9.17, 15) is 9.59 Å². The Morgan fingerprint density at radius 1 is 1.11 bits per heavy atom. The number of thiocarbonyl (C=S) groups is 1. The number of carbonyl (C=O) groups excluding carboxylic acids is 2. The third-order valence-electron chi connectivity index (χ3n) is 4.98. The van der Waals surface area contributed by atoms with Gasteiger partial charge in [-0.15, -0.1) is 0 Å². The van der Waals surface area contributed by atoms with Crippen LogP contribution in [0.1, 0.15) is 45.6 Å². The summed E-state index contributed by atoms with van der Waals surface area (Å²) in [5.74, 6) is 0.372. The summed E-state index contributed by atoms with van der Waals surface area (Å²) >= 11 is 5.31. The molecule has 0 saturated heterocycles. The number of benzene rings is 1. The predicted octanol–water partition coefficient (Wildman–Crippen LogP) is 2.48. The van der Waals surface area contributed by atoms with Gasteiger partial charge in [0, 0.05) is 13.0 Å². The zero-order chi connectivity index (χ0) is 19.8. The zero-order valence-corrected chi connectivity index (χ0v) is 16.9. The van der Waals surface area contributed by atoms with Crippen LogP contribution in [0.2, 0.25) is 0 Å². The minimum atomic E-state index is -0.469. The van der Waals surface area contributed by atoms with Crippen LogP contribution in [0.3, 0.4) is 0 Å². The summed E-state index contributed by atoms with van der Waals surface area (Å²) in [7, 11) is 0. The number of hydrazine groups is 1. The van der Waals surface area contributed by atoms with Gasteiger partial charge in [-0.25, -0.2) is 0 Å². The first-order valence-electron chi connectivity index (χ1n) is 9.28. The number of hydrogen-bond donors (Lipinski definition) is 4. The van der Waals surface area contributed by atoms with Gasteiger partial charge >= 0.3 is 0 Å². The molecule has 2 rings (SSSR count). The van der Waals surface area contributed by atoms with Crippen LogP contribution in [0.25, 0.3) is 6.08 Å². The first kappa shape index (κ1) is 20.9. The molecule has 0 unspecified atom stereocenters. The highest BCUT2D eigenvalue weighted by Crippen LogP contribution is 2.29. The fourth-order valence-electron chi connectivity index (χ4n) is 3.24. The van der Waals surface area contributed by atoms with Crippen molar-refractivity contribution in [3.05, 3.63) is 41.6 Å². The van der Waals surface area contributed by atoms with E-state index >= 15 is 0 Å². The van der Waals surface area contributed by atoms with Gasteiger partial charge in [0.15, 0.2) is 5.11 Å². The molecule has 3 atom stereocenters. The summed E-state index contributed by atoms with van der Waals surface area (Å²) in [6, 6.07) is 9.59. The van der Waals surface area contributed by atoms with Gasteiger partial charge in [-0.1, -0.05) is 57.0 Å². The highest BCUT2D eigenvalue weighted by atomic mass is 32.1. The topological polar surface area (TPSA) is 82.3 Å². The first-order chi connectivity index (χ1) is 12.9. The van der Waals surface area contributed by atoms with Crippen LogP contribution in [-0.4, -0.2) is 23.0 Å². The highest BCUT2D eigenvalue weighted by Gasteiger charge is 2.27. The number of rotatable bonds is 4. The van der Waals surface area contributed by atoms with Gasteiger partial charge in [-0.2, -0.15) is 0 Å². The lowest BCUT2D eigenvalue weighted by Crippen LogP contribution is -2.53. The van der Waals surface area contributed by atoms with Crippen LogP contribution in [0.4, 0.5) is 0 Å². The molecule has 1 saturated carbocycles. The molecule has 6 nitrogen and oxygen atoms in total. The Kier molecular flexibility index (Phi) is 7.79. The van der Waals surface area contributed by atoms with Crippen LogP contribution >= 0.6 is 12.2 Å². The van der Waals surface area contributed by atoms with Crippen molar-refractivity contribution in [1.29, 1.82) is 0 Å². The Bertz CT molecular complexity index is 705. The molecule has 1 aliphatic carbocycles. The number of hydrogen-bond acceptors (Lipinski definition) is 3. The second-order valence-corrected chi connectivity index (χ2v) is 7.48. The number of nitrogens with one attached hydrogen (secondary N) is 4. The Labute approximate surface area is 166 Å². The van der Waals surface area contributed by atoms with E-state index in [0.29, 0.717) is 23.0 Å². The molecule has 1 fully saturated rings. The molecule has 1 aromatic rings. The molecule has 0 bridgehead atoms. The van der Waals surface area contributed by atoms with Crippen molar-refractivity contribution in [2.75, 3.05) is 0 Å². The van der Waals surface area contributed by atoms with Gasteiger partial charge in [0.25, 0.3) is 5.91 Å². The van der Waals surface area contributed by atoms with Gasteiger partial charge in [0.05, 0.1) is 0 Å². The summed E-state index contributed by atoms with van der Waals surface area (Å²) in [5.41, 5.74) is 6.23. The van der Waals surface area contributed by atoms with Crippen molar-refractivity contribution in [1.82, 2.24) is 21.5 Å². The minimum Gasteiger partial charge on any atom is -0.358 e. The Hall–Kier alpha value is -2.41. The molecule has 0 aliphatic heterocycles. The number of carbonyl (C=O) groups is 2. The third kappa shape index (κ3) is 6.67. The first-order valence-corrected chi connectivity index (χ1v) is 9.69. The summed E-state index contributed by atoms with van der Waals surface area (Å²) < 4.78 is 0. The van der Waals surface area contributed by atoms with Crippen LogP contribution in [-0.2, 0) is 9.59 Å². The molecule has 4 N–H and O–H groups in total. The van der Waals surface area contributed by atoms with Crippen LogP contribution < -0.4 is 21.5 Å². The third-order valence-corrected chi connectivity index (χ3v) is 5.20. The molecular weight excluding hydrogens is 360 g/mol. The van der Waals surface area contributed by atoms with Crippen LogP contribution in [0.5, 0.6) is 0 Å². The van der Waals surface area contributed by atoms with Crippen molar-refractivity contribution in [3.63, 3.8) is 0 Å². The van der Waals surface area contributed by atoms with E-state index in [4.69, 9.17) is 12.2 Å². The van der Waals surface area contributed by atoms with Crippen molar-refractivity contribution in [3.8, 4) is 0 Å². The van der Waals surface area contributed by atoms with Gasteiger partial charge in [-0.3, -0.25) is 20.4 Å². The summed E-state index contributed by atoms with van der Waals surface area (Å²) in [4.78, 5) is 23.9. The normalized spacial score (nSPS) is 22.5. The summed E-state index contributed by atoms with van der Waals surface area (Å²) in [6.45, 7) is 5.84. The molecule has 146 valence electrons. The maximum Gasteiger partial charge on any atom is 0.286 e. The van der Waals surface area contributed by atoms with E-state index in [-0.39, 0.29) is 11.6 Å². The van der Waals surface area contributed by atoms with E-state index < -0.39 is 5.91 Å². The molecular formula is C20H28N4O2S. The van der Waals surface area contributed by atoms with E-state index in [1.807, 2.05) is 30.3 Å². The smallest absolute Gasteiger partial charge is 0.286 e.